The van der Waals surface area contributed by atoms with Gasteiger partial charge in [0.05, 0.1) is 12.4 Å². The molecule has 2 N–H and O–H groups in total. The van der Waals surface area contributed by atoms with Crippen molar-refractivity contribution in [2.75, 3.05) is 5.32 Å². The maximum absolute atomic E-state index is 12.1. The lowest BCUT2D eigenvalue weighted by Gasteiger charge is -2.31. The summed E-state index contributed by atoms with van der Waals surface area (Å²) in [7, 11) is 0. The van der Waals surface area contributed by atoms with Crippen molar-refractivity contribution in [2.45, 2.75) is 33.4 Å². The minimum atomic E-state index is -0.256. The number of imidazole rings is 1. The lowest BCUT2D eigenvalue weighted by molar-refractivity contribution is 0.218. The van der Waals surface area contributed by atoms with Crippen molar-refractivity contribution in [3.05, 3.63) is 43.1 Å². The predicted molar refractivity (Wildman–Crippen MR) is 81.9 cm³/mol. The highest BCUT2D eigenvalue weighted by molar-refractivity contribution is 5.88. The second-order valence-corrected chi connectivity index (χ2v) is 5.99. The van der Waals surface area contributed by atoms with Crippen LogP contribution in [0.4, 0.5) is 10.6 Å². The molecule has 0 unspecified atom stereocenters. The zero-order valence-electron chi connectivity index (χ0n) is 12.6. The molecule has 0 aliphatic heterocycles. The van der Waals surface area contributed by atoms with Crippen molar-refractivity contribution in [2.24, 2.45) is 5.41 Å². The van der Waals surface area contributed by atoms with E-state index < -0.39 is 0 Å². The Morgan fingerprint density at radius 2 is 2.14 bits per heavy atom. The molecule has 2 aromatic heterocycles. The lowest BCUT2D eigenvalue weighted by atomic mass is 9.86. The van der Waals surface area contributed by atoms with Crippen LogP contribution < -0.4 is 10.6 Å². The van der Waals surface area contributed by atoms with Gasteiger partial charge < -0.3 is 9.88 Å². The zero-order valence-corrected chi connectivity index (χ0v) is 12.6. The molecule has 112 valence electrons. The molecule has 21 heavy (non-hydrogen) atoms. The molecule has 0 aromatic carbocycles. The van der Waals surface area contributed by atoms with E-state index in [4.69, 9.17) is 0 Å². The second-order valence-electron chi connectivity index (χ2n) is 5.99. The second kappa shape index (κ2) is 6.39. The van der Waals surface area contributed by atoms with E-state index in [1.165, 1.54) is 0 Å². The number of nitrogens with one attached hydrogen (secondary N) is 2. The smallest absolute Gasteiger partial charge is 0.320 e. The number of hydrogen-bond donors (Lipinski definition) is 2. The Hall–Kier alpha value is -2.37. The Balaban J connectivity index is 2.00. The van der Waals surface area contributed by atoms with E-state index in [1.54, 1.807) is 30.9 Å². The lowest BCUT2D eigenvalue weighted by Crippen LogP contribution is -2.47. The summed E-state index contributed by atoms with van der Waals surface area (Å²) in [5, 5.41) is 5.74. The van der Waals surface area contributed by atoms with E-state index in [1.807, 2.05) is 16.8 Å². The van der Waals surface area contributed by atoms with Gasteiger partial charge in [0.1, 0.15) is 5.82 Å². The minimum absolute atomic E-state index is 0.0320. The van der Waals surface area contributed by atoms with Crippen LogP contribution in [0.25, 0.3) is 0 Å². The summed E-state index contributed by atoms with van der Waals surface area (Å²) in [6, 6.07) is 5.10. The molecular formula is C15H21N5O. The monoisotopic (exact) mass is 287 g/mol. The molecule has 0 spiro atoms. The van der Waals surface area contributed by atoms with Gasteiger partial charge in [-0.15, -0.1) is 0 Å². The van der Waals surface area contributed by atoms with Crippen LogP contribution in [-0.4, -0.2) is 26.6 Å². The average Bonchev–Trinajstić information content (AvgIpc) is 2.91. The largest absolute Gasteiger partial charge is 0.335 e. The van der Waals surface area contributed by atoms with Crippen LogP contribution in [0.3, 0.4) is 0 Å². The van der Waals surface area contributed by atoms with Crippen LogP contribution in [-0.2, 0) is 6.54 Å². The maximum Gasteiger partial charge on any atom is 0.320 e. The molecule has 0 aliphatic carbocycles. The molecule has 0 aliphatic rings. The van der Waals surface area contributed by atoms with Crippen molar-refractivity contribution in [3.8, 4) is 0 Å². The van der Waals surface area contributed by atoms with Gasteiger partial charge >= 0.3 is 6.03 Å². The fraction of sp³-hybridized carbons (Fsp3) is 0.400. The van der Waals surface area contributed by atoms with Gasteiger partial charge in [-0.25, -0.2) is 14.8 Å². The number of carbonyl (C=O) groups excluding carboxylic acids is 1. The van der Waals surface area contributed by atoms with E-state index in [2.05, 4.69) is 41.4 Å². The summed E-state index contributed by atoms with van der Waals surface area (Å²) in [4.78, 5) is 20.2. The Morgan fingerprint density at radius 3 is 2.71 bits per heavy atom. The molecule has 2 heterocycles. The molecule has 2 amide bonds. The molecular weight excluding hydrogens is 266 g/mol. The van der Waals surface area contributed by atoms with E-state index in [9.17, 15) is 4.79 Å². The van der Waals surface area contributed by atoms with Gasteiger partial charge in [0.2, 0.25) is 0 Å². The van der Waals surface area contributed by atoms with Gasteiger partial charge in [0, 0.05) is 25.1 Å². The summed E-state index contributed by atoms with van der Waals surface area (Å²) in [5.41, 5.74) is -0.0777. The third-order valence-electron chi connectivity index (χ3n) is 3.21. The molecule has 0 radical (unpaired) electrons. The Labute approximate surface area is 124 Å². The fourth-order valence-corrected chi connectivity index (χ4v) is 1.89. The Bertz CT molecular complexity index is 560. The summed E-state index contributed by atoms with van der Waals surface area (Å²) in [6.07, 6.45) is 7.00. The molecule has 0 fully saturated rings. The van der Waals surface area contributed by atoms with Crippen LogP contribution in [0.2, 0.25) is 0 Å². The highest BCUT2D eigenvalue weighted by Gasteiger charge is 2.26. The number of pyridine rings is 1. The first-order chi connectivity index (χ1) is 9.95. The van der Waals surface area contributed by atoms with Crippen LogP contribution in [0.15, 0.2) is 43.1 Å². The minimum Gasteiger partial charge on any atom is -0.335 e. The highest BCUT2D eigenvalue weighted by atomic mass is 16.2. The van der Waals surface area contributed by atoms with Crippen molar-refractivity contribution >= 4 is 11.8 Å². The summed E-state index contributed by atoms with van der Waals surface area (Å²) >= 11 is 0. The quantitative estimate of drug-likeness (QED) is 0.907. The summed E-state index contributed by atoms with van der Waals surface area (Å²) in [5.74, 6) is 0.533. The van der Waals surface area contributed by atoms with Gasteiger partial charge in [-0.1, -0.05) is 26.8 Å². The maximum atomic E-state index is 12.1. The number of urea groups is 1. The van der Waals surface area contributed by atoms with E-state index >= 15 is 0 Å². The first kappa shape index (κ1) is 15.0. The van der Waals surface area contributed by atoms with E-state index in [0.29, 0.717) is 12.4 Å². The van der Waals surface area contributed by atoms with Crippen LogP contribution in [0.1, 0.15) is 20.8 Å². The Kier molecular flexibility index (Phi) is 4.57. The molecule has 0 saturated carbocycles. The standard InChI is InChI=1S/C15H21N5O/c1-15(2,3)12(10-20-9-8-16-11-20)18-14(21)19-13-6-4-5-7-17-13/h4-9,11-12H,10H2,1-3H3,(H2,17,18,19,21)/t12-/m0/s1. The van der Waals surface area contributed by atoms with Gasteiger partial charge in [-0.05, 0) is 17.5 Å². The van der Waals surface area contributed by atoms with Crippen molar-refractivity contribution in [1.29, 1.82) is 0 Å². The van der Waals surface area contributed by atoms with Crippen LogP contribution >= 0.6 is 0 Å². The fourth-order valence-electron chi connectivity index (χ4n) is 1.89. The average molecular weight is 287 g/mol. The highest BCUT2D eigenvalue weighted by Crippen LogP contribution is 2.20. The number of carbonyl (C=O) groups is 1. The predicted octanol–water partition coefficient (Wildman–Crippen LogP) is 2.51. The number of amides is 2. The molecule has 0 bridgehead atoms. The number of anilines is 1. The molecule has 2 rings (SSSR count). The van der Waals surface area contributed by atoms with Gasteiger partial charge in [-0.3, -0.25) is 5.32 Å². The molecule has 6 heteroatoms. The zero-order chi connectivity index (χ0) is 15.3. The van der Waals surface area contributed by atoms with Crippen LogP contribution in [0.5, 0.6) is 0 Å². The molecule has 0 saturated heterocycles. The van der Waals surface area contributed by atoms with E-state index in [-0.39, 0.29) is 17.5 Å². The van der Waals surface area contributed by atoms with Crippen molar-refractivity contribution < 1.29 is 4.79 Å². The van der Waals surface area contributed by atoms with Gasteiger partial charge in [0.15, 0.2) is 0 Å². The number of aromatic nitrogens is 3. The SMILES string of the molecule is CC(C)(C)[C@H](Cn1ccnc1)NC(=O)Nc1ccccn1. The molecule has 6 nitrogen and oxygen atoms in total. The normalized spacial score (nSPS) is 12.7. The van der Waals surface area contributed by atoms with Gasteiger partial charge in [0.25, 0.3) is 0 Å². The van der Waals surface area contributed by atoms with Crippen molar-refractivity contribution in [3.63, 3.8) is 0 Å². The number of nitrogens with zero attached hydrogens (tertiary/aromatic N) is 3. The third-order valence-corrected chi connectivity index (χ3v) is 3.21. The summed E-state index contributed by atoms with van der Waals surface area (Å²) in [6.45, 7) is 6.94. The van der Waals surface area contributed by atoms with E-state index in [0.717, 1.165) is 0 Å². The third kappa shape index (κ3) is 4.59. The first-order valence-corrected chi connectivity index (χ1v) is 6.89. The number of hydrogen-bond acceptors (Lipinski definition) is 3. The first-order valence-electron chi connectivity index (χ1n) is 6.89. The molecule has 2 aromatic rings. The van der Waals surface area contributed by atoms with Gasteiger partial charge in [-0.2, -0.15) is 0 Å². The number of rotatable bonds is 4. The van der Waals surface area contributed by atoms with Crippen molar-refractivity contribution in [1.82, 2.24) is 19.9 Å². The van der Waals surface area contributed by atoms with Crippen LogP contribution in [0, 0.1) is 5.41 Å². The summed E-state index contributed by atoms with van der Waals surface area (Å²) < 4.78 is 1.96. The Morgan fingerprint density at radius 1 is 1.33 bits per heavy atom. The topological polar surface area (TPSA) is 71.8 Å². The molecule has 1 atom stereocenters.